The molecule has 3 aromatic carbocycles. The number of carboxylic acid groups (broad SMARTS) is 1. The van der Waals surface area contributed by atoms with Gasteiger partial charge in [-0.05, 0) is 36.7 Å². The summed E-state index contributed by atoms with van der Waals surface area (Å²) in [5, 5.41) is 15.1. The van der Waals surface area contributed by atoms with Gasteiger partial charge in [-0.3, -0.25) is 0 Å². The molecule has 0 aliphatic carbocycles. The number of carboxylic acids is 1. The highest BCUT2D eigenvalue weighted by atomic mass is 31.1. The molecule has 26 heavy (non-hydrogen) atoms. The highest BCUT2D eigenvalue weighted by Crippen LogP contribution is 2.35. The van der Waals surface area contributed by atoms with E-state index in [0.29, 0.717) is 5.75 Å². The van der Waals surface area contributed by atoms with Crippen LogP contribution in [0.25, 0.3) is 0 Å². The Kier molecular flexibility index (Phi) is 5.88. The van der Waals surface area contributed by atoms with Crippen LogP contribution in [0.5, 0.6) is 5.75 Å². The molecule has 5 heteroatoms. The molecule has 0 radical (unpaired) electrons. The number of hydrogen-bond acceptors (Lipinski definition) is 3. The fraction of sp³-hybridized carbons (Fsp3) is 0.0952. The normalized spacial score (nSPS) is 10.5. The van der Waals surface area contributed by atoms with Gasteiger partial charge in [0.05, 0.1) is 18.4 Å². The summed E-state index contributed by atoms with van der Waals surface area (Å²) in [5.41, 5.74) is 0.998. The van der Waals surface area contributed by atoms with Crippen LogP contribution in [-0.4, -0.2) is 24.5 Å². The van der Waals surface area contributed by atoms with Crippen LogP contribution in [0.4, 0.5) is 5.69 Å². The van der Waals surface area contributed by atoms with Gasteiger partial charge in [-0.15, -0.1) is 0 Å². The molecule has 3 rings (SSSR count). The van der Waals surface area contributed by atoms with Gasteiger partial charge in [-0.1, -0.05) is 60.7 Å². The van der Waals surface area contributed by atoms with Crippen LogP contribution in [-0.2, 0) is 0 Å². The number of aromatic carboxylic acids is 1. The van der Waals surface area contributed by atoms with Crippen molar-refractivity contribution < 1.29 is 14.6 Å². The van der Waals surface area contributed by atoms with E-state index in [4.69, 9.17) is 9.84 Å². The zero-order valence-electron chi connectivity index (χ0n) is 14.4. The molecule has 0 heterocycles. The summed E-state index contributed by atoms with van der Waals surface area (Å²) in [7, 11) is 0.950. The molecule has 0 fully saturated rings. The lowest BCUT2D eigenvalue weighted by molar-refractivity contribution is 0.0696. The minimum atomic E-state index is -0.967. The molecule has 0 aliphatic rings. The molecule has 0 saturated heterocycles. The highest BCUT2D eigenvalue weighted by Gasteiger charge is 2.15. The maximum Gasteiger partial charge on any atom is 0.335 e. The summed E-state index contributed by atoms with van der Waals surface area (Å²) in [4.78, 5) is 11.1. The Balaban J connectivity index is 1.86. The molecule has 0 spiro atoms. The number of nitrogens with one attached hydrogen (secondary N) is 1. The van der Waals surface area contributed by atoms with Crippen molar-refractivity contribution in [2.45, 2.75) is 0 Å². The van der Waals surface area contributed by atoms with Crippen molar-refractivity contribution in [3.05, 3.63) is 84.4 Å². The average molecular weight is 365 g/mol. The van der Waals surface area contributed by atoms with E-state index in [0.717, 1.165) is 12.0 Å². The Bertz CT molecular complexity index is 829. The summed E-state index contributed by atoms with van der Waals surface area (Å²) in [5.74, 6) is -0.438. The molecule has 0 atom stereocenters. The summed E-state index contributed by atoms with van der Waals surface area (Å²) in [6.45, 7) is 0. The van der Waals surface area contributed by atoms with Crippen molar-refractivity contribution in [3.63, 3.8) is 0 Å². The molecule has 3 aromatic rings. The summed E-state index contributed by atoms with van der Waals surface area (Å²) in [6, 6.07) is 25.7. The minimum Gasteiger partial charge on any atom is -0.495 e. The van der Waals surface area contributed by atoms with Crippen molar-refractivity contribution in [2.75, 3.05) is 18.7 Å². The Morgan fingerprint density at radius 2 is 1.54 bits per heavy atom. The van der Waals surface area contributed by atoms with Crippen LogP contribution in [0.3, 0.4) is 0 Å². The number of anilines is 1. The second-order valence-electron chi connectivity index (χ2n) is 5.65. The van der Waals surface area contributed by atoms with Crippen molar-refractivity contribution in [3.8, 4) is 5.75 Å². The van der Waals surface area contributed by atoms with E-state index in [2.05, 4.69) is 53.8 Å². The molecule has 0 bridgehead atoms. The van der Waals surface area contributed by atoms with Crippen LogP contribution in [0.15, 0.2) is 78.9 Å². The third-order valence-electron chi connectivity index (χ3n) is 4.01. The molecular weight excluding hydrogens is 345 g/mol. The van der Waals surface area contributed by atoms with Gasteiger partial charge in [-0.25, -0.2) is 4.79 Å². The molecular formula is C21H20NO3P. The number of methoxy groups -OCH3 is 1. The van der Waals surface area contributed by atoms with Gasteiger partial charge in [0.15, 0.2) is 0 Å². The molecule has 4 nitrogen and oxygen atoms in total. The number of rotatable bonds is 7. The Hall–Kier alpha value is -2.84. The lowest BCUT2D eigenvalue weighted by Gasteiger charge is -2.21. The predicted molar refractivity (Wildman–Crippen MR) is 108 cm³/mol. The van der Waals surface area contributed by atoms with Crippen LogP contribution in [0, 0.1) is 0 Å². The molecule has 0 amide bonds. The van der Waals surface area contributed by atoms with Crippen LogP contribution in [0.1, 0.15) is 10.4 Å². The quantitative estimate of drug-likeness (QED) is 0.624. The summed E-state index contributed by atoms with van der Waals surface area (Å²) >= 11 is 0. The van der Waals surface area contributed by atoms with Crippen LogP contribution < -0.4 is 20.7 Å². The van der Waals surface area contributed by atoms with Gasteiger partial charge < -0.3 is 15.2 Å². The first-order valence-electron chi connectivity index (χ1n) is 8.22. The van der Waals surface area contributed by atoms with E-state index in [1.807, 2.05) is 12.1 Å². The summed E-state index contributed by atoms with van der Waals surface area (Å²) < 4.78 is 5.36. The molecule has 0 aromatic heterocycles. The van der Waals surface area contributed by atoms with E-state index >= 15 is 0 Å². The second-order valence-corrected chi connectivity index (χ2v) is 7.86. The van der Waals surface area contributed by atoms with E-state index < -0.39 is 13.9 Å². The average Bonchev–Trinajstić information content (AvgIpc) is 2.69. The fourth-order valence-electron chi connectivity index (χ4n) is 2.68. The van der Waals surface area contributed by atoms with Crippen molar-refractivity contribution in [1.82, 2.24) is 0 Å². The first-order chi connectivity index (χ1) is 12.7. The van der Waals surface area contributed by atoms with Crippen LogP contribution in [0.2, 0.25) is 0 Å². The van der Waals surface area contributed by atoms with Crippen molar-refractivity contribution >= 4 is 30.2 Å². The fourth-order valence-corrected chi connectivity index (χ4v) is 4.74. The second kappa shape index (κ2) is 8.50. The van der Waals surface area contributed by atoms with Crippen LogP contribution >= 0.6 is 7.92 Å². The topological polar surface area (TPSA) is 58.6 Å². The number of benzene rings is 3. The SMILES string of the molecule is COc1cc(C(=O)O)ccc1NCP(c1ccccc1)c1ccccc1. The van der Waals surface area contributed by atoms with E-state index in [1.165, 1.54) is 16.7 Å². The zero-order valence-corrected chi connectivity index (χ0v) is 15.3. The molecule has 0 aliphatic heterocycles. The van der Waals surface area contributed by atoms with Crippen molar-refractivity contribution in [1.29, 1.82) is 0 Å². The first-order valence-corrected chi connectivity index (χ1v) is 9.74. The molecule has 0 unspecified atom stereocenters. The predicted octanol–water partition coefficient (Wildman–Crippen LogP) is 3.90. The molecule has 132 valence electrons. The Morgan fingerprint density at radius 3 is 2.04 bits per heavy atom. The third kappa shape index (κ3) is 4.22. The van der Waals surface area contributed by atoms with Gasteiger partial charge in [0.1, 0.15) is 5.75 Å². The largest absolute Gasteiger partial charge is 0.495 e. The number of carbonyl (C=O) groups is 1. The maximum absolute atomic E-state index is 11.1. The van der Waals surface area contributed by atoms with Gasteiger partial charge >= 0.3 is 5.97 Å². The van der Waals surface area contributed by atoms with Gasteiger partial charge in [-0.2, -0.15) is 0 Å². The van der Waals surface area contributed by atoms with Gasteiger partial charge in [0.25, 0.3) is 0 Å². The molecule has 2 N–H and O–H groups in total. The highest BCUT2D eigenvalue weighted by molar-refractivity contribution is 7.73. The lowest BCUT2D eigenvalue weighted by Crippen LogP contribution is -2.18. The number of ether oxygens (including phenoxy) is 1. The van der Waals surface area contributed by atoms with Gasteiger partial charge in [0.2, 0.25) is 0 Å². The lowest BCUT2D eigenvalue weighted by atomic mass is 10.2. The van der Waals surface area contributed by atoms with Crippen molar-refractivity contribution in [2.24, 2.45) is 0 Å². The Morgan fingerprint density at radius 1 is 0.962 bits per heavy atom. The maximum atomic E-state index is 11.1. The van der Waals surface area contributed by atoms with Gasteiger partial charge in [0, 0.05) is 6.29 Å². The summed E-state index contributed by atoms with van der Waals surface area (Å²) in [6.07, 6.45) is 0.728. The Labute approximate surface area is 154 Å². The first kappa shape index (κ1) is 18.0. The van der Waals surface area contributed by atoms with E-state index in [-0.39, 0.29) is 5.56 Å². The third-order valence-corrected chi connectivity index (χ3v) is 6.33. The number of hydrogen-bond donors (Lipinski definition) is 2. The van der Waals surface area contributed by atoms with E-state index in [1.54, 1.807) is 19.2 Å². The monoisotopic (exact) mass is 365 g/mol. The zero-order chi connectivity index (χ0) is 18.4. The standard InChI is InChI=1S/C21H20NO3P/c1-25-20-14-16(21(23)24)12-13-19(20)22-15-26(17-8-4-2-5-9-17)18-10-6-3-7-11-18/h2-14,22H,15H2,1H3,(H,23,24). The smallest absolute Gasteiger partial charge is 0.335 e. The minimum absolute atomic E-state index is 0.209. The van der Waals surface area contributed by atoms with E-state index in [9.17, 15) is 4.79 Å². The molecule has 0 saturated carbocycles.